The highest BCUT2D eigenvalue weighted by Gasteiger charge is 2.29. The maximum Gasteiger partial charge on any atom is 0.231 e. The molecule has 6 heteroatoms. The van der Waals surface area contributed by atoms with Crippen LogP contribution in [0, 0.1) is 5.92 Å². The van der Waals surface area contributed by atoms with Crippen LogP contribution < -0.4 is 5.32 Å². The maximum atomic E-state index is 12.1. The van der Waals surface area contributed by atoms with Gasteiger partial charge in [0, 0.05) is 31.1 Å². The molecule has 2 amide bonds. The van der Waals surface area contributed by atoms with E-state index < -0.39 is 0 Å². The summed E-state index contributed by atoms with van der Waals surface area (Å²) < 4.78 is 0. The van der Waals surface area contributed by atoms with Gasteiger partial charge in [-0.25, -0.2) is 4.98 Å². The predicted molar refractivity (Wildman–Crippen MR) is 75.2 cm³/mol. The minimum Gasteiger partial charge on any atom is -0.342 e. The van der Waals surface area contributed by atoms with E-state index in [1.54, 1.807) is 4.90 Å². The Morgan fingerprint density at radius 1 is 1.53 bits per heavy atom. The van der Waals surface area contributed by atoms with Crippen LogP contribution in [0.4, 0.5) is 5.13 Å². The molecule has 1 aliphatic heterocycles. The molecule has 0 spiro atoms. The van der Waals surface area contributed by atoms with Gasteiger partial charge < -0.3 is 10.2 Å². The fourth-order valence-electron chi connectivity index (χ4n) is 2.08. The molecule has 5 nitrogen and oxygen atoms in total. The molecule has 1 fully saturated rings. The zero-order valence-corrected chi connectivity index (χ0v) is 12.3. The van der Waals surface area contributed by atoms with Crippen LogP contribution >= 0.6 is 11.3 Å². The number of carbonyl (C=O) groups excluding carboxylic acids is 2. The minimum atomic E-state index is -0.115. The van der Waals surface area contributed by atoms with Crippen molar-refractivity contribution in [3.05, 3.63) is 11.1 Å². The lowest BCUT2D eigenvalue weighted by atomic mass is 10.1. The lowest BCUT2D eigenvalue weighted by molar-refractivity contribution is -0.128. The molecule has 1 N–H and O–H groups in total. The van der Waals surface area contributed by atoms with E-state index >= 15 is 0 Å². The summed E-state index contributed by atoms with van der Waals surface area (Å²) in [6.07, 6.45) is 2.54. The van der Waals surface area contributed by atoms with E-state index in [-0.39, 0.29) is 17.7 Å². The first kappa shape index (κ1) is 14.0. The van der Waals surface area contributed by atoms with Crippen molar-refractivity contribution in [2.45, 2.75) is 33.1 Å². The number of anilines is 1. The smallest absolute Gasteiger partial charge is 0.231 e. The van der Waals surface area contributed by atoms with E-state index in [9.17, 15) is 9.59 Å². The second-order valence-electron chi connectivity index (χ2n) is 5.16. The van der Waals surface area contributed by atoms with Crippen LogP contribution in [0.25, 0.3) is 0 Å². The van der Waals surface area contributed by atoms with E-state index in [0.717, 1.165) is 11.3 Å². The van der Waals surface area contributed by atoms with Crippen molar-refractivity contribution in [2.75, 3.05) is 18.4 Å². The fourth-order valence-corrected chi connectivity index (χ4v) is 2.90. The van der Waals surface area contributed by atoms with Crippen LogP contribution in [-0.4, -0.2) is 34.8 Å². The van der Waals surface area contributed by atoms with Crippen molar-refractivity contribution >= 4 is 28.3 Å². The lowest BCUT2D eigenvalue weighted by Gasteiger charge is -2.13. The number of nitrogens with one attached hydrogen (secondary N) is 1. The van der Waals surface area contributed by atoms with Gasteiger partial charge in [-0.1, -0.05) is 13.8 Å². The Morgan fingerprint density at radius 2 is 2.26 bits per heavy atom. The SMILES string of the molecule is CC(=O)N1CC[C@@H](C(=O)Nc2ncc(C(C)C)s2)C1. The second kappa shape index (κ2) is 5.69. The average molecular weight is 281 g/mol. The zero-order valence-electron chi connectivity index (χ0n) is 11.5. The first-order valence-electron chi connectivity index (χ1n) is 6.49. The molecule has 1 atom stereocenters. The summed E-state index contributed by atoms with van der Waals surface area (Å²) >= 11 is 1.51. The quantitative estimate of drug-likeness (QED) is 0.922. The number of nitrogens with zero attached hydrogens (tertiary/aromatic N) is 2. The van der Waals surface area contributed by atoms with Crippen LogP contribution in [0.2, 0.25) is 0 Å². The van der Waals surface area contributed by atoms with Crippen molar-refractivity contribution in [1.29, 1.82) is 0 Å². The van der Waals surface area contributed by atoms with Gasteiger partial charge in [0.25, 0.3) is 0 Å². The van der Waals surface area contributed by atoms with Gasteiger partial charge in [-0.3, -0.25) is 9.59 Å². The monoisotopic (exact) mass is 281 g/mol. The number of hydrogen-bond donors (Lipinski definition) is 1. The molecule has 1 saturated heterocycles. The van der Waals surface area contributed by atoms with Crippen LogP contribution in [0.3, 0.4) is 0 Å². The van der Waals surface area contributed by atoms with Gasteiger partial charge >= 0.3 is 0 Å². The second-order valence-corrected chi connectivity index (χ2v) is 6.22. The largest absolute Gasteiger partial charge is 0.342 e. The van der Waals surface area contributed by atoms with Gasteiger partial charge in [-0.15, -0.1) is 11.3 Å². The summed E-state index contributed by atoms with van der Waals surface area (Å²) in [5, 5.41) is 3.50. The number of likely N-dealkylation sites (tertiary alicyclic amines) is 1. The Hall–Kier alpha value is -1.43. The van der Waals surface area contributed by atoms with Crippen molar-refractivity contribution in [1.82, 2.24) is 9.88 Å². The van der Waals surface area contributed by atoms with Gasteiger partial charge in [0.05, 0.1) is 5.92 Å². The Kier molecular flexibility index (Phi) is 4.19. The average Bonchev–Trinajstić information content (AvgIpc) is 2.96. The summed E-state index contributed by atoms with van der Waals surface area (Å²) in [5.41, 5.74) is 0. The molecule has 2 heterocycles. The van der Waals surface area contributed by atoms with Gasteiger partial charge in [0.15, 0.2) is 5.13 Å². The minimum absolute atomic E-state index is 0.0339. The Bertz CT molecular complexity index is 484. The molecule has 0 aliphatic carbocycles. The summed E-state index contributed by atoms with van der Waals surface area (Å²) in [7, 11) is 0. The standard InChI is InChI=1S/C13H19N3O2S/c1-8(2)11-6-14-13(19-11)15-12(18)10-4-5-16(7-10)9(3)17/h6,8,10H,4-5,7H2,1-3H3,(H,14,15,18)/t10-/m1/s1. The van der Waals surface area contributed by atoms with Gasteiger partial charge in [-0.05, 0) is 12.3 Å². The molecule has 0 radical (unpaired) electrons. The number of aromatic nitrogens is 1. The molecule has 1 aliphatic rings. The predicted octanol–water partition coefficient (Wildman–Crippen LogP) is 2.07. The number of amides is 2. The Balaban J connectivity index is 1.92. The molecule has 0 bridgehead atoms. The van der Waals surface area contributed by atoms with Crippen molar-refractivity contribution < 1.29 is 9.59 Å². The number of hydrogen-bond acceptors (Lipinski definition) is 4. The molecule has 1 aromatic heterocycles. The Morgan fingerprint density at radius 3 is 2.79 bits per heavy atom. The highest BCUT2D eigenvalue weighted by molar-refractivity contribution is 7.15. The molecule has 0 unspecified atom stereocenters. The van der Waals surface area contributed by atoms with Crippen LogP contribution in [0.15, 0.2) is 6.20 Å². The molecule has 0 saturated carbocycles. The third-order valence-corrected chi connectivity index (χ3v) is 4.54. The summed E-state index contributed by atoms with van der Waals surface area (Å²) in [6, 6.07) is 0. The van der Waals surface area contributed by atoms with Crippen LogP contribution in [0.5, 0.6) is 0 Å². The van der Waals surface area contributed by atoms with Gasteiger partial charge in [0.2, 0.25) is 11.8 Å². The fraction of sp³-hybridized carbons (Fsp3) is 0.615. The van der Waals surface area contributed by atoms with E-state index in [0.29, 0.717) is 24.1 Å². The number of rotatable bonds is 3. The van der Waals surface area contributed by atoms with E-state index in [4.69, 9.17) is 0 Å². The molecular formula is C13H19N3O2S. The van der Waals surface area contributed by atoms with Gasteiger partial charge in [0.1, 0.15) is 0 Å². The highest BCUT2D eigenvalue weighted by Crippen LogP contribution is 2.26. The van der Waals surface area contributed by atoms with Crippen molar-refractivity contribution in [2.24, 2.45) is 5.92 Å². The van der Waals surface area contributed by atoms with E-state index in [2.05, 4.69) is 24.1 Å². The molecule has 1 aromatic rings. The third-order valence-electron chi connectivity index (χ3n) is 3.33. The number of thiazole rings is 1. The summed E-state index contributed by atoms with van der Waals surface area (Å²) in [6.45, 7) is 6.92. The Labute approximate surface area is 117 Å². The van der Waals surface area contributed by atoms with Crippen LogP contribution in [0.1, 0.15) is 38.0 Å². The summed E-state index contributed by atoms with van der Waals surface area (Å²) in [5.74, 6) is 0.304. The molecule has 19 heavy (non-hydrogen) atoms. The highest BCUT2D eigenvalue weighted by atomic mass is 32.1. The maximum absolute atomic E-state index is 12.1. The molecule has 104 valence electrons. The van der Waals surface area contributed by atoms with Gasteiger partial charge in [-0.2, -0.15) is 0 Å². The normalized spacial score (nSPS) is 18.9. The van der Waals surface area contributed by atoms with Crippen LogP contribution in [-0.2, 0) is 9.59 Å². The zero-order chi connectivity index (χ0) is 14.0. The molecule has 0 aromatic carbocycles. The molecular weight excluding hydrogens is 262 g/mol. The van der Waals surface area contributed by atoms with E-state index in [1.165, 1.54) is 18.3 Å². The lowest BCUT2D eigenvalue weighted by Crippen LogP contribution is -2.29. The van der Waals surface area contributed by atoms with E-state index in [1.807, 2.05) is 6.20 Å². The number of carbonyl (C=O) groups is 2. The topological polar surface area (TPSA) is 62.3 Å². The first-order chi connectivity index (χ1) is 8.97. The summed E-state index contributed by atoms with van der Waals surface area (Å²) in [4.78, 5) is 30.4. The van der Waals surface area contributed by atoms with Crippen molar-refractivity contribution in [3.8, 4) is 0 Å². The van der Waals surface area contributed by atoms with Crippen molar-refractivity contribution in [3.63, 3.8) is 0 Å². The first-order valence-corrected chi connectivity index (χ1v) is 7.31. The third kappa shape index (κ3) is 3.32. The molecule has 2 rings (SSSR count).